The number of ketones is 1. The summed E-state index contributed by atoms with van der Waals surface area (Å²) < 4.78 is 22.2. The molecule has 5 saturated carbocycles. The molecule has 1 heterocycles. The van der Waals surface area contributed by atoms with Gasteiger partial charge in [-0.15, -0.1) is 0 Å². The van der Waals surface area contributed by atoms with Crippen molar-refractivity contribution in [3.63, 3.8) is 0 Å². The number of allylic oxidation sites excluding steroid dienone is 2. The summed E-state index contributed by atoms with van der Waals surface area (Å²) in [6.07, 6.45) is 5.27. The Hall–Kier alpha value is -1.19. The first-order valence-corrected chi connectivity index (χ1v) is 11.4. The molecule has 7 aliphatic rings. The molecule has 0 aromatic carbocycles. The standard InChI is InChI=1S/C24H29FO3/c1-22-5-3-11(26)7-15(22)12-8-13(12)19-20-14-9-16(14)24(6-4-18(27)28-24)23(20,2)10-17(25)21(19)22/h13-14,16-17,19-21H,3-10H2,1-2H3/t13?,14-,16+,17+,19?,20?,21?,22+,23+,24+/m1/s1. The highest BCUT2D eigenvalue weighted by molar-refractivity contribution is 5.83. The maximum absolute atomic E-state index is 16.1. The van der Waals surface area contributed by atoms with E-state index in [1.54, 1.807) is 0 Å². The number of hydrogen-bond acceptors (Lipinski definition) is 3. The molecular formula is C24H29FO3. The average molecular weight is 384 g/mol. The molecule has 0 radical (unpaired) electrons. The molecule has 6 fully saturated rings. The van der Waals surface area contributed by atoms with E-state index >= 15 is 4.39 Å². The van der Waals surface area contributed by atoms with Crippen LogP contribution in [0.1, 0.15) is 65.2 Å². The van der Waals surface area contributed by atoms with E-state index in [9.17, 15) is 9.59 Å². The second-order valence-electron chi connectivity index (χ2n) is 11.6. The molecular weight excluding hydrogens is 355 g/mol. The lowest BCUT2D eigenvalue weighted by atomic mass is 9.45. The predicted octanol–water partition coefficient (Wildman–Crippen LogP) is 4.40. The van der Waals surface area contributed by atoms with Gasteiger partial charge in [0, 0.05) is 36.5 Å². The molecule has 4 unspecified atom stereocenters. The first kappa shape index (κ1) is 16.6. The summed E-state index contributed by atoms with van der Waals surface area (Å²) in [4.78, 5) is 24.3. The van der Waals surface area contributed by atoms with Gasteiger partial charge in [0.1, 0.15) is 17.6 Å². The summed E-state index contributed by atoms with van der Waals surface area (Å²) in [5, 5.41) is 0. The molecule has 0 aromatic rings. The zero-order chi connectivity index (χ0) is 19.2. The molecule has 0 N–H and O–H groups in total. The molecule has 4 heteroatoms. The number of rotatable bonds is 0. The molecule has 150 valence electrons. The fourth-order valence-electron chi connectivity index (χ4n) is 9.70. The lowest BCUT2D eigenvalue weighted by Crippen LogP contribution is -2.60. The van der Waals surface area contributed by atoms with Gasteiger partial charge in [0.05, 0.1) is 0 Å². The second kappa shape index (κ2) is 4.59. The van der Waals surface area contributed by atoms with Gasteiger partial charge < -0.3 is 4.74 Å². The smallest absolute Gasteiger partial charge is 0.306 e. The summed E-state index contributed by atoms with van der Waals surface area (Å²) in [5.41, 5.74) is 2.11. The maximum Gasteiger partial charge on any atom is 0.306 e. The third kappa shape index (κ3) is 1.60. The topological polar surface area (TPSA) is 43.4 Å². The second-order valence-corrected chi connectivity index (χ2v) is 11.6. The summed E-state index contributed by atoms with van der Waals surface area (Å²) in [6, 6.07) is 0. The largest absolute Gasteiger partial charge is 0.458 e. The predicted molar refractivity (Wildman–Crippen MR) is 99.8 cm³/mol. The summed E-state index contributed by atoms with van der Waals surface area (Å²) in [6.45, 7) is 4.53. The molecule has 1 aliphatic heterocycles. The van der Waals surface area contributed by atoms with Crippen molar-refractivity contribution in [2.24, 2.45) is 46.3 Å². The Morgan fingerprint density at radius 1 is 1.11 bits per heavy atom. The molecule has 0 bridgehead atoms. The number of halogens is 1. The number of Topliss-reactive ketones (excluding diaryl/α,β-unsaturated/α-hetero) is 1. The van der Waals surface area contributed by atoms with Gasteiger partial charge in [-0.25, -0.2) is 4.39 Å². The minimum atomic E-state index is -0.852. The average Bonchev–Trinajstić information content (AvgIpc) is 3.53. The molecule has 0 aromatic heterocycles. The highest BCUT2D eigenvalue weighted by Crippen LogP contribution is 2.81. The Kier molecular flexibility index (Phi) is 2.72. The van der Waals surface area contributed by atoms with Crippen LogP contribution in [-0.4, -0.2) is 23.5 Å². The number of ether oxygens (including phenoxy) is 1. The van der Waals surface area contributed by atoms with Crippen LogP contribution >= 0.6 is 0 Å². The molecule has 10 atom stereocenters. The first-order valence-electron chi connectivity index (χ1n) is 11.4. The Balaban J connectivity index is 1.37. The molecule has 7 rings (SSSR count). The van der Waals surface area contributed by atoms with Crippen LogP contribution in [0.15, 0.2) is 11.1 Å². The highest BCUT2D eigenvalue weighted by Gasteiger charge is 2.81. The quantitative estimate of drug-likeness (QED) is 0.459. The van der Waals surface area contributed by atoms with Crippen LogP contribution in [0.5, 0.6) is 0 Å². The van der Waals surface area contributed by atoms with Crippen LogP contribution in [0.25, 0.3) is 0 Å². The number of hydrogen-bond donors (Lipinski definition) is 0. The van der Waals surface area contributed by atoms with E-state index in [2.05, 4.69) is 13.8 Å². The SMILES string of the molecule is C[C@]12CCC(=O)CC1=C1CC1C1C2[C@@H](F)C[C@@]2(C)C1[C@@H]1C[C@@H]1[C@@]21CCC(=O)O1. The van der Waals surface area contributed by atoms with Crippen LogP contribution in [0.2, 0.25) is 0 Å². The van der Waals surface area contributed by atoms with E-state index in [0.717, 1.165) is 19.3 Å². The number of carbonyl (C=O) groups excluding carboxylic acids is 2. The lowest BCUT2D eigenvalue weighted by molar-refractivity contribution is -0.186. The number of alkyl halides is 1. The van der Waals surface area contributed by atoms with Crippen molar-refractivity contribution in [3.8, 4) is 0 Å². The van der Waals surface area contributed by atoms with Crippen molar-refractivity contribution in [1.82, 2.24) is 0 Å². The third-order valence-electron chi connectivity index (χ3n) is 10.7. The van der Waals surface area contributed by atoms with Crippen molar-refractivity contribution in [2.75, 3.05) is 0 Å². The van der Waals surface area contributed by atoms with Crippen LogP contribution in [0.4, 0.5) is 4.39 Å². The fourth-order valence-corrected chi connectivity index (χ4v) is 9.70. The third-order valence-corrected chi connectivity index (χ3v) is 10.7. The van der Waals surface area contributed by atoms with Crippen molar-refractivity contribution in [2.45, 2.75) is 77.0 Å². The van der Waals surface area contributed by atoms with Gasteiger partial charge >= 0.3 is 5.97 Å². The van der Waals surface area contributed by atoms with Gasteiger partial charge in [-0.05, 0) is 61.2 Å². The summed E-state index contributed by atoms with van der Waals surface area (Å²) >= 11 is 0. The van der Waals surface area contributed by atoms with E-state index in [1.807, 2.05) is 0 Å². The Morgan fingerprint density at radius 2 is 1.93 bits per heavy atom. The van der Waals surface area contributed by atoms with Gasteiger partial charge in [0.15, 0.2) is 0 Å². The molecule has 28 heavy (non-hydrogen) atoms. The monoisotopic (exact) mass is 384 g/mol. The number of esters is 1. The lowest BCUT2D eigenvalue weighted by Gasteiger charge is -2.60. The van der Waals surface area contributed by atoms with E-state index in [4.69, 9.17) is 4.74 Å². The number of fused-ring (bicyclic) bond motifs is 11. The van der Waals surface area contributed by atoms with E-state index in [-0.39, 0.29) is 22.7 Å². The van der Waals surface area contributed by atoms with Gasteiger partial charge in [0.2, 0.25) is 0 Å². The Morgan fingerprint density at radius 3 is 2.68 bits per heavy atom. The van der Waals surface area contributed by atoms with Crippen molar-refractivity contribution < 1.29 is 18.7 Å². The molecule has 1 saturated heterocycles. The van der Waals surface area contributed by atoms with E-state index in [1.165, 1.54) is 17.6 Å². The van der Waals surface area contributed by atoms with Gasteiger partial charge in [-0.1, -0.05) is 25.0 Å². The van der Waals surface area contributed by atoms with Gasteiger partial charge in [0.25, 0.3) is 0 Å². The van der Waals surface area contributed by atoms with Crippen LogP contribution in [0.3, 0.4) is 0 Å². The zero-order valence-corrected chi connectivity index (χ0v) is 16.8. The van der Waals surface area contributed by atoms with E-state index in [0.29, 0.717) is 61.1 Å². The molecule has 1 spiro atoms. The Labute approximate surface area is 165 Å². The number of carbonyl (C=O) groups is 2. The molecule has 6 aliphatic carbocycles. The molecule has 3 nitrogen and oxygen atoms in total. The minimum Gasteiger partial charge on any atom is -0.458 e. The molecule has 0 amide bonds. The normalized spacial score (nSPS) is 60.6. The van der Waals surface area contributed by atoms with Crippen molar-refractivity contribution in [1.29, 1.82) is 0 Å². The summed E-state index contributed by atoms with van der Waals surface area (Å²) in [5.74, 6) is 2.79. The van der Waals surface area contributed by atoms with Crippen LogP contribution in [-0.2, 0) is 14.3 Å². The summed E-state index contributed by atoms with van der Waals surface area (Å²) in [7, 11) is 0. The van der Waals surface area contributed by atoms with Crippen LogP contribution < -0.4 is 0 Å². The van der Waals surface area contributed by atoms with Gasteiger partial charge in [-0.2, -0.15) is 0 Å². The van der Waals surface area contributed by atoms with Crippen LogP contribution in [0, 0.1) is 46.3 Å². The highest BCUT2D eigenvalue weighted by atomic mass is 19.1. The van der Waals surface area contributed by atoms with Crippen molar-refractivity contribution in [3.05, 3.63) is 11.1 Å². The maximum atomic E-state index is 16.1. The first-order chi connectivity index (χ1) is 13.3. The zero-order valence-electron chi connectivity index (χ0n) is 16.8. The minimum absolute atomic E-state index is 0.0541. The fraction of sp³-hybridized carbons (Fsp3) is 0.833. The van der Waals surface area contributed by atoms with Crippen molar-refractivity contribution >= 4 is 11.8 Å². The van der Waals surface area contributed by atoms with E-state index < -0.39 is 11.8 Å². The Bertz CT molecular complexity index is 877. The van der Waals surface area contributed by atoms with Gasteiger partial charge in [-0.3, -0.25) is 9.59 Å².